The Labute approximate surface area is 178 Å². The first-order valence-corrected chi connectivity index (χ1v) is 10.0. The van der Waals surface area contributed by atoms with E-state index in [2.05, 4.69) is 31.8 Å². The second kappa shape index (κ2) is 11.1. The molecule has 2 N–H and O–H groups in total. The van der Waals surface area contributed by atoms with E-state index >= 15 is 0 Å². The number of thiocarbonyl (C=S) groups is 1. The summed E-state index contributed by atoms with van der Waals surface area (Å²) in [5.41, 5.74) is 4.50. The van der Waals surface area contributed by atoms with Gasteiger partial charge in [0.05, 0.1) is 12.8 Å². The molecule has 2 aromatic carbocycles. The summed E-state index contributed by atoms with van der Waals surface area (Å²) < 4.78 is 12.5. The van der Waals surface area contributed by atoms with Crippen molar-refractivity contribution >= 4 is 51.1 Å². The van der Waals surface area contributed by atoms with Crippen molar-refractivity contribution in [2.45, 2.75) is 20.5 Å². The van der Waals surface area contributed by atoms with Gasteiger partial charge in [-0.2, -0.15) is 5.10 Å². The van der Waals surface area contributed by atoms with Crippen molar-refractivity contribution in [2.75, 3.05) is 13.2 Å². The summed E-state index contributed by atoms with van der Waals surface area (Å²) in [6, 6.07) is 11.3. The molecule has 2 rings (SSSR count). The van der Waals surface area contributed by atoms with Crippen LogP contribution in [0.4, 0.5) is 0 Å². The summed E-state index contributed by atoms with van der Waals surface area (Å²) >= 11 is 14.8. The zero-order valence-electron chi connectivity index (χ0n) is 15.1. The van der Waals surface area contributed by atoms with Gasteiger partial charge in [-0.1, -0.05) is 29.8 Å². The van der Waals surface area contributed by atoms with Gasteiger partial charge in [0, 0.05) is 27.2 Å². The molecule has 5 nitrogen and oxygen atoms in total. The maximum atomic E-state index is 6.19. The molecule has 0 aliphatic heterocycles. The molecule has 8 heteroatoms. The van der Waals surface area contributed by atoms with Crippen LogP contribution in [-0.4, -0.2) is 24.5 Å². The van der Waals surface area contributed by atoms with Crippen LogP contribution in [0.3, 0.4) is 0 Å². The van der Waals surface area contributed by atoms with E-state index in [0.29, 0.717) is 34.8 Å². The first-order valence-electron chi connectivity index (χ1n) is 8.44. The first-order chi connectivity index (χ1) is 13.0. The van der Waals surface area contributed by atoms with E-state index in [0.717, 1.165) is 22.1 Å². The SMILES string of the molecule is CCNC(=S)NN=Cc1cc(OCC)c(OCc2ccccc2Cl)cc1Br. The van der Waals surface area contributed by atoms with Crippen LogP contribution in [0.2, 0.25) is 5.02 Å². The zero-order chi connectivity index (χ0) is 19.6. The summed E-state index contributed by atoms with van der Waals surface area (Å²) in [6.07, 6.45) is 1.66. The molecule has 0 saturated heterocycles. The molecule has 0 fully saturated rings. The van der Waals surface area contributed by atoms with Crippen LogP contribution in [0.5, 0.6) is 11.5 Å². The van der Waals surface area contributed by atoms with Gasteiger partial charge in [-0.15, -0.1) is 0 Å². The molecule has 2 aromatic rings. The van der Waals surface area contributed by atoms with Gasteiger partial charge < -0.3 is 14.8 Å². The third kappa shape index (κ3) is 6.68. The molecule has 27 heavy (non-hydrogen) atoms. The van der Waals surface area contributed by atoms with Gasteiger partial charge in [-0.05, 0) is 60.2 Å². The lowest BCUT2D eigenvalue weighted by molar-refractivity contribution is 0.269. The second-order valence-corrected chi connectivity index (χ2v) is 7.03. The number of benzene rings is 2. The smallest absolute Gasteiger partial charge is 0.186 e. The van der Waals surface area contributed by atoms with E-state index in [1.807, 2.05) is 50.2 Å². The monoisotopic (exact) mass is 469 g/mol. The number of halogens is 2. The second-order valence-electron chi connectivity index (χ2n) is 5.36. The van der Waals surface area contributed by atoms with Gasteiger partial charge in [-0.25, -0.2) is 0 Å². The van der Waals surface area contributed by atoms with Crippen LogP contribution in [0.1, 0.15) is 25.0 Å². The molecule has 0 radical (unpaired) electrons. The Morgan fingerprint density at radius 1 is 1.22 bits per heavy atom. The van der Waals surface area contributed by atoms with E-state index < -0.39 is 0 Å². The topological polar surface area (TPSA) is 54.9 Å². The molecule has 0 aliphatic rings. The maximum Gasteiger partial charge on any atom is 0.186 e. The fourth-order valence-electron chi connectivity index (χ4n) is 2.16. The van der Waals surface area contributed by atoms with E-state index in [1.165, 1.54) is 0 Å². The summed E-state index contributed by atoms with van der Waals surface area (Å²) in [5, 5.41) is 8.23. The highest BCUT2D eigenvalue weighted by Crippen LogP contribution is 2.34. The Bertz CT molecular complexity index is 818. The average molecular weight is 471 g/mol. The normalized spacial score (nSPS) is 10.7. The number of hydrazone groups is 1. The van der Waals surface area contributed by atoms with Crippen molar-refractivity contribution in [3.8, 4) is 11.5 Å². The molecule has 0 saturated carbocycles. The number of rotatable bonds is 8. The number of nitrogens with one attached hydrogen (secondary N) is 2. The fourth-order valence-corrected chi connectivity index (χ4v) is 2.97. The highest BCUT2D eigenvalue weighted by atomic mass is 79.9. The Morgan fingerprint density at radius 3 is 2.67 bits per heavy atom. The van der Waals surface area contributed by atoms with E-state index in [9.17, 15) is 0 Å². The van der Waals surface area contributed by atoms with Crippen LogP contribution >= 0.6 is 39.7 Å². The van der Waals surface area contributed by atoms with Gasteiger partial charge in [0.15, 0.2) is 16.6 Å². The largest absolute Gasteiger partial charge is 0.490 e. The van der Waals surface area contributed by atoms with Gasteiger partial charge >= 0.3 is 0 Å². The summed E-state index contributed by atoms with van der Waals surface area (Å²) in [4.78, 5) is 0. The third-order valence-electron chi connectivity index (χ3n) is 3.41. The number of hydrogen-bond acceptors (Lipinski definition) is 4. The van der Waals surface area contributed by atoms with Gasteiger partial charge in [0.25, 0.3) is 0 Å². The summed E-state index contributed by atoms with van der Waals surface area (Å²) in [5.74, 6) is 1.25. The molecular formula is C19H21BrClN3O2S. The lowest BCUT2D eigenvalue weighted by Gasteiger charge is -2.14. The maximum absolute atomic E-state index is 6.19. The lowest BCUT2D eigenvalue weighted by Crippen LogP contribution is -2.31. The predicted molar refractivity (Wildman–Crippen MR) is 118 cm³/mol. The van der Waals surface area contributed by atoms with Crippen molar-refractivity contribution in [1.82, 2.24) is 10.7 Å². The summed E-state index contributed by atoms with van der Waals surface area (Å²) in [6.45, 7) is 5.48. The van der Waals surface area contributed by atoms with Gasteiger partial charge in [0.1, 0.15) is 6.61 Å². The molecule has 0 heterocycles. The van der Waals surface area contributed by atoms with Crippen LogP contribution in [0.25, 0.3) is 0 Å². The van der Waals surface area contributed by atoms with Crippen LogP contribution in [0, 0.1) is 0 Å². The molecule has 144 valence electrons. The van der Waals surface area contributed by atoms with Crippen molar-refractivity contribution < 1.29 is 9.47 Å². The Kier molecular flexibility index (Phi) is 8.84. The number of nitrogens with zero attached hydrogens (tertiary/aromatic N) is 1. The number of hydrogen-bond donors (Lipinski definition) is 2. The minimum absolute atomic E-state index is 0.345. The lowest BCUT2D eigenvalue weighted by atomic mass is 10.2. The van der Waals surface area contributed by atoms with E-state index in [1.54, 1.807) is 6.21 Å². The Balaban J connectivity index is 2.16. The van der Waals surface area contributed by atoms with Crippen molar-refractivity contribution in [1.29, 1.82) is 0 Å². The minimum Gasteiger partial charge on any atom is -0.490 e. The minimum atomic E-state index is 0.345. The quantitative estimate of drug-likeness (QED) is 0.326. The van der Waals surface area contributed by atoms with Crippen LogP contribution in [0.15, 0.2) is 46.0 Å². The molecule has 0 amide bonds. The van der Waals surface area contributed by atoms with Crippen molar-refractivity contribution in [2.24, 2.45) is 5.10 Å². The summed E-state index contributed by atoms with van der Waals surface area (Å²) in [7, 11) is 0. The predicted octanol–water partition coefficient (Wildman–Crippen LogP) is 4.90. The zero-order valence-corrected chi connectivity index (χ0v) is 18.2. The van der Waals surface area contributed by atoms with Crippen LogP contribution in [-0.2, 0) is 6.61 Å². The third-order valence-corrected chi connectivity index (χ3v) is 4.70. The highest BCUT2D eigenvalue weighted by molar-refractivity contribution is 9.10. The first kappa shape index (κ1) is 21.5. The number of ether oxygens (including phenoxy) is 2. The molecular weight excluding hydrogens is 450 g/mol. The average Bonchev–Trinajstić information content (AvgIpc) is 2.64. The van der Waals surface area contributed by atoms with Crippen LogP contribution < -0.4 is 20.2 Å². The van der Waals surface area contributed by atoms with E-state index in [-0.39, 0.29) is 0 Å². The van der Waals surface area contributed by atoms with Gasteiger partial charge in [0.2, 0.25) is 0 Å². The highest BCUT2D eigenvalue weighted by Gasteiger charge is 2.11. The van der Waals surface area contributed by atoms with E-state index in [4.69, 9.17) is 33.3 Å². The molecule has 0 spiro atoms. The molecule has 0 bridgehead atoms. The van der Waals surface area contributed by atoms with Crippen molar-refractivity contribution in [3.05, 3.63) is 57.0 Å². The van der Waals surface area contributed by atoms with Gasteiger partial charge in [-0.3, -0.25) is 5.43 Å². The molecule has 0 unspecified atom stereocenters. The fraction of sp³-hybridized carbons (Fsp3) is 0.263. The molecule has 0 aliphatic carbocycles. The Morgan fingerprint density at radius 2 is 1.96 bits per heavy atom. The standard InChI is InChI=1S/C19H21BrClN3O2S/c1-3-22-19(27)24-23-11-14-9-17(25-4-2)18(10-15(14)20)26-12-13-7-5-6-8-16(13)21/h5-11H,3-4,12H2,1-2H3,(H2,22,24,27). The Hall–Kier alpha value is -1.83. The van der Waals surface area contributed by atoms with Crippen molar-refractivity contribution in [3.63, 3.8) is 0 Å². The molecule has 0 atom stereocenters. The molecule has 0 aromatic heterocycles.